The molecular weight excluding hydrogens is 512 g/mol. The molecule has 0 aliphatic heterocycles. The Morgan fingerprint density at radius 3 is 2.49 bits per heavy atom. The second kappa shape index (κ2) is 11.4. The van der Waals surface area contributed by atoms with E-state index in [4.69, 9.17) is 0 Å². The number of anilines is 1. The average molecular weight is 537 g/mol. The Kier molecular flexibility index (Phi) is 8.07. The molecule has 4 aromatic rings. The van der Waals surface area contributed by atoms with Crippen LogP contribution in [-0.4, -0.2) is 53.7 Å². The van der Waals surface area contributed by atoms with E-state index in [-0.39, 0.29) is 17.0 Å². The molecule has 4 rings (SSSR count). The smallest absolute Gasteiger partial charge is 0.251 e. The molecule has 190 valence electrons. The molecule has 0 saturated heterocycles. The fourth-order valence-electron chi connectivity index (χ4n) is 3.44. The van der Waals surface area contributed by atoms with Crippen LogP contribution < -0.4 is 10.6 Å². The number of thiazole rings is 1. The SMILES string of the molecule is C[C@@H](CO)S(=O)(=O)c1cccc(C(=O)NCC(=O)Nc2nc(-c3cccc(-c4ccncc4)c3)cs2)c1. The summed E-state index contributed by atoms with van der Waals surface area (Å²) in [6.07, 6.45) is 3.46. The quantitative estimate of drug-likeness (QED) is 0.298. The number of aromatic nitrogens is 2. The Morgan fingerprint density at radius 2 is 1.73 bits per heavy atom. The summed E-state index contributed by atoms with van der Waals surface area (Å²) in [5.74, 6) is -1.07. The van der Waals surface area contributed by atoms with Crippen molar-refractivity contribution in [1.82, 2.24) is 15.3 Å². The van der Waals surface area contributed by atoms with Gasteiger partial charge in [0.1, 0.15) is 0 Å². The van der Waals surface area contributed by atoms with Crippen LogP contribution in [0.3, 0.4) is 0 Å². The van der Waals surface area contributed by atoms with E-state index < -0.39 is 33.5 Å². The summed E-state index contributed by atoms with van der Waals surface area (Å²) in [7, 11) is -3.78. The van der Waals surface area contributed by atoms with E-state index in [1.54, 1.807) is 12.4 Å². The fourth-order valence-corrected chi connectivity index (χ4v) is 5.39. The number of carbonyl (C=O) groups excluding carboxylic acids is 2. The molecule has 2 aromatic carbocycles. The zero-order chi connectivity index (χ0) is 26.4. The first-order valence-corrected chi connectivity index (χ1v) is 13.7. The van der Waals surface area contributed by atoms with Gasteiger partial charge in [0.2, 0.25) is 5.91 Å². The molecule has 9 nitrogen and oxygen atoms in total. The number of carbonyl (C=O) groups is 2. The average Bonchev–Trinajstić information content (AvgIpc) is 3.40. The van der Waals surface area contributed by atoms with Gasteiger partial charge < -0.3 is 15.7 Å². The van der Waals surface area contributed by atoms with Crippen LogP contribution >= 0.6 is 11.3 Å². The first kappa shape index (κ1) is 26.1. The first-order chi connectivity index (χ1) is 17.8. The van der Waals surface area contributed by atoms with E-state index in [2.05, 4.69) is 20.6 Å². The highest BCUT2D eigenvalue weighted by Gasteiger charge is 2.23. The number of aliphatic hydroxyl groups excluding tert-OH is 1. The maximum Gasteiger partial charge on any atom is 0.251 e. The highest BCUT2D eigenvalue weighted by Crippen LogP contribution is 2.28. The van der Waals surface area contributed by atoms with Gasteiger partial charge >= 0.3 is 0 Å². The summed E-state index contributed by atoms with van der Waals surface area (Å²) < 4.78 is 24.9. The number of nitrogens with one attached hydrogen (secondary N) is 2. The molecule has 37 heavy (non-hydrogen) atoms. The monoisotopic (exact) mass is 536 g/mol. The van der Waals surface area contributed by atoms with Gasteiger partial charge in [0.05, 0.1) is 29.0 Å². The lowest BCUT2D eigenvalue weighted by atomic mass is 10.0. The van der Waals surface area contributed by atoms with Crippen molar-refractivity contribution in [2.45, 2.75) is 17.1 Å². The number of nitrogens with zero attached hydrogens (tertiary/aromatic N) is 2. The Labute approximate surface area is 218 Å². The molecule has 0 radical (unpaired) electrons. The molecule has 0 unspecified atom stereocenters. The number of benzene rings is 2. The van der Waals surface area contributed by atoms with Gasteiger partial charge in [0, 0.05) is 28.9 Å². The highest BCUT2D eigenvalue weighted by molar-refractivity contribution is 7.92. The van der Waals surface area contributed by atoms with Gasteiger partial charge in [-0.2, -0.15) is 0 Å². The van der Waals surface area contributed by atoms with Crippen LogP contribution in [0, 0.1) is 0 Å². The van der Waals surface area contributed by atoms with Crippen LogP contribution in [0.2, 0.25) is 0 Å². The molecule has 1 atom stereocenters. The Hall–Kier alpha value is -3.93. The zero-order valence-corrected chi connectivity index (χ0v) is 21.4. The maximum atomic E-state index is 12.5. The number of aliphatic hydroxyl groups is 1. The van der Waals surface area contributed by atoms with Crippen LogP contribution in [0.5, 0.6) is 0 Å². The molecule has 11 heteroatoms. The van der Waals surface area contributed by atoms with Crippen molar-refractivity contribution in [3.63, 3.8) is 0 Å². The van der Waals surface area contributed by atoms with Crippen LogP contribution in [0.4, 0.5) is 5.13 Å². The van der Waals surface area contributed by atoms with Gasteiger partial charge in [0.25, 0.3) is 5.91 Å². The third kappa shape index (κ3) is 6.26. The summed E-state index contributed by atoms with van der Waals surface area (Å²) in [6, 6.07) is 17.2. The Bertz CT molecular complexity index is 1520. The van der Waals surface area contributed by atoms with Gasteiger partial charge in [-0.15, -0.1) is 11.3 Å². The van der Waals surface area contributed by atoms with Crippen LogP contribution in [0.25, 0.3) is 22.4 Å². The summed E-state index contributed by atoms with van der Waals surface area (Å²) in [5.41, 5.74) is 3.73. The van der Waals surface area contributed by atoms with Gasteiger partial charge in [-0.1, -0.05) is 24.3 Å². The second-order valence-electron chi connectivity index (χ2n) is 8.15. The predicted octanol–water partition coefficient (Wildman–Crippen LogP) is 3.40. The van der Waals surface area contributed by atoms with E-state index in [9.17, 15) is 23.1 Å². The first-order valence-electron chi connectivity index (χ1n) is 11.3. The van der Waals surface area contributed by atoms with Crippen LogP contribution in [0.15, 0.2) is 83.3 Å². The van der Waals surface area contributed by atoms with Crippen LogP contribution in [0.1, 0.15) is 17.3 Å². The maximum absolute atomic E-state index is 12.5. The minimum atomic E-state index is -3.78. The van der Waals surface area contributed by atoms with Crippen molar-refractivity contribution in [3.05, 3.63) is 84.0 Å². The van der Waals surface area contributed by atoms with Crippen molar-refractivity contribution in [3.8, 4) is 22.4 Å². The van der Waals surface area contributed by atoms with Crippen molar-refractivity contribution in [1.29, 1.82) is 0 Å². The van der Waals surface area contributed by atoms with Gasteiger partial charge in [0.15, 0.2) is 15.0 Å². The molecule has 3 N–H and O–H groups in total. The lowest BCUT2D eigenvalue weighted by molar-refractivity contribution is -0.115. The molecule has 0 saturated carbocycles. The minimum absolute atomic E-state index is 0.0746. The molecule has 0 spiro atoms. The standard InChI is InChI=1S/C26H24N4O5S2/c1-17(15-31)37(34,35)22-7-3-6-21(13-22)25(33)28-14-24(32)30-26-29-23(16-36-26)20-5-2-4-19(12-20)18-8-10-27-11-9-18/h2-13,16-17,31H,14-15H2,1H3,(H,28,33)(H,29,30,32)/t17-/m0/s1. The Morgan fingerprint density at radius 1 is 1.00 bits per heavy atom. The van der Waals surface area contributed by atoms with Crippen molar-refractivity contribution in [2.24, 2.45) is 0 Å². The molecule has 0 bridgehead atoms. The summed E-state index contributed by atoms with van der Waals surface area (Å²) >= 11 is 1.26. The van der Waals surface area contributed by atoms with Crippen molar-refractivity contribution in [2.75, 3.05) is 18.5 Å². The zero-order valence-electron chi connectivity index (χ0n) is 19.8. The number of rotatable bonds is 9. The van der Waals surface area contributed by atoms with E-state index in [0.717, 1.165) is 16.7 Å². The second-order valence-corrected chi connectivity index (χ2v) is 11.4. The summed E-state index contributed by atoms with van der Waals surface area (Å²) in [5, 5.41) is 15.6. The molecule has 0 aliphatic rings. The Balaban J connectivity index is 1.37. The normalized spacial score (nSPS) is 12.1. The lowest BCUT2D eigenvalue weighted by Crippen LogP contribution is -2.33. The summed E-state index contributed by atoms with van der Waals surface area (Å²) in [6.45, 7) is 0.525. The molecular formula is C26H24N4O5S2. The molecule has 2 heterocycles. The minimum Gasteiger partial charge on any atom is -0.395 e. The topological polar surface area (TPSA) is 138 Å². The third-order valence-electron chi connectivity index (χ3n) is 5.54. The number of hydrogen-bond acceptors (Lipinski definition) is 8. The molecule has 0 fully saturated rings. The number of sulfone groups is 1. The highest BCUT2D eigenvalue weighted by atomic mass is 32.2. The largest absolute Gasteiger partial charge is 0.395 e. The van der Waals surface area contributed by atoms with Gasteiger partial charge in [-0.3, -0.25) is 14.6 Å². The molecule has 2 amide bonds. The molecule has 2 aromatic heterocycles. The third-order valence-corrected chi connectivity index (χ3v) is 8.42. The number of amides is 2. The number of pyridine rings is 1. The van der Waals surface area contributed by atoms with E-state index in [1.165, 1.54) is 42.5 Å². The summed E-state index contributed by atoms with van der Waals surface area (Å²) in [4.78, 5) is 33.3. The van der Waals surface area contributed by atoms with Crippen molar-refractivity contribution >= 4 is 38.1 Å². The van der Waals surface area contributed by atoms with E-state index in [1.807, 2.05) is 41.8 Å². The van der Waals surface area contributed by atoms with E-state index >= 15 is 0 Å². The van der Waals surface area contributed by atoms with Gasteiger partial charge in [-0.05, 0) is 54.4 Å². The van der Waals surface area contributed by atoms with Crippen molar-refractivity contribution < 1.29 is 23.1 Å². The van der Waals surface area contributed by atoms with Gasteiger partial charge in [-0.25, -0.2) is 13.4 Å². The van der Waals surface area contributed by atoms with Crippen LogP contribution in [-0.2, 0) is 14.6 Å². The van der Waals surface area contributed by atoms with E-state index in [0.29, 0.717) is 10.8 Å². The predicted molar refractivity (Wildman–Crippen MR) is 142 cm³/mol. The lowest BCUT2D eigenvalue weighted by Gasteiger charge is -2.11. The fraction of sp³-hybridized carbons (Fsp3) is 0.154. The number of hydrogen-bond donors (Lipinski definition) is 3. The molecule has 0 aliphatic carbocycles.